The lowest BCUT2D eigenvalue weighted by Gasteiger charge is -2.02. The summed E-state index contributed by atoms with van der Waals surface area (Å²) in [6.45, 7) is 0. The fraction of sp³-hybridized carbons (Fsp3) is 0. The van der Waals surface area contributed by atoms with E-state index in [4.69, 9.17) is 10.2 Å². The monoisotopic (exact) mass is 211 g/mol. The predicted octanol–water partition coefficient (Wildman–Crippen LogP) is 2.53. The number of rotatable bonds is 0. The van der Waals surface area contributed by atoms with Crippen LogP contribution in [-0.2, 0) is 0 Å². The summed E-state index contributed by atoms with van der Waals surface area (Å²) in [5.74, 6) is 0. The van der Waals surface area contributed by atoms with E-state index in [0.29, 0.717) is 27.6 Å². The number of hydrogen-bond donors (Lipinski definition) is 1. The summed E-state index contributed by atoms with van der Waals surface area (Å²) >= 11 is 0. The highest BCUT2D eigenvalue weighted by atomic mass is 16.3. The van der Waals surface area contributed by atoms with E-state index in [-0.39, 0.29) is 5.43 Å². The number of hydrogen-bond acceptors (Lipinski definition) is 3. The second-order valence-electron chi connectivity index (χ2n) is 3.65. The van der Waals surface area contributed by atoms with E-state index in [9.17, 15) is 4.79 Å². The molecule has 0 aliphatic rings. The molecule has 2 aromatic carbocycles. The molecule has 3 heteroatoms. The highest BCUT2D eigenvalue weighted by Gasteiger charge is 2.08. The summed E-state index contributed by atoms with van der Waals surface area (Å²) in [4.78, 5) is 12.1. The SMILES string of the molecule is Nc1cccc2c(=O)c3ccccc3oc12. The van der Waals surface area contributed by atoms with Crippen LogP contribution in [0.25, 0.3) is 21.9 Å². The number of fused-ring (bicyclic) bond motifs is 2. The van der Waals surface area contributed by atoms with Gasteiger partial charge in [0.25, 0.3) is 0 Å². The first-order valence-corrected chi connectivity index (χ1v) is 4.97. The first-order valence-electron chi connectivity index (χ1n) is 4.97. The summed E-state index contributed by atoms with van der Waals surface area (Å²) in [7, 11) is 0. The predicted molar refractivity (Wildman–Crippen MR) is 64.4 cm³/mol. The van der Waals surface area contributed by atoms with Gasteiger partial charge in [-0.2, -0.15) is 0 Å². The summed E-state index contributed by atoms with van der Waals surface area (Å²) in [5.41, 5.74) is 7.26. The molecule has 0 unspecified atom stereocenters. The number of nitrogens with two attached hydrogens (primary N) is 1. The Labute approximate surface area is 91.1 Å². The van der Waals surface area contributed by atoms with Crippen molar-refractivity contribution in [2.75, 3.05) is 5.73 Å². The topological polar surface area (TPSA) is 56.2 Å². The Bertz CT molecular complexity index is 744. The molecule has 0 amide bonds. The highest BCUT2D eigenvalue weighted by molar-refractivity contribution is 5.94. The van der Waals surface area contributed by atoms with Crippen molar-refractivity contribution >= 4 is 27.6 Å². The lowest BCUT2D eigenvalue weighted by atomic mass is 10.1. The van der Waals surface area contributed by atoms with Crippen LogP contribution in [0, 0.1) is 0 Å². The minimum atomic E-state index is -0.0378. The number of nitrogen functional groups attached to an aromatic ring is 1. The Morgan fingerprint density at radius 3 is 2.56 bits per heavy atom. The van der Waals surface area contributed by atoms with E-state index in [2.05, 4.69) is 0 Å². The van der Waals surface area contributed by atoms with Gasteiger partial charge >= 0.3 is 0 Å². The van der Waals surface area contributed by atoms with Gasteiger partial charge in [0.05, 0.1) is 16.5 Å². The summed E-state index contributed by atoms with van der Waals surface area (Å²) in [5, 5.41) is 1.11. The molecule has 0 spiro atoms. The van der Waals surface area contributed by atoms with Crippen molar-refractivity contribution in [1.29, 1.82) is 0 Å². The zero-order valence-electron chi connectivity index (χ0n) is 8.44. The number of benzene rings is 2. The second kappa shape index (κ2) is 3.10. The normalized spacial score (nSPS) is 11.0. The standard InChI is InChI=1S/C13H9NO2/c14-10-6-3-5-9-12(15)8-4-1-2-7-11(8)16-13(9)10/h1-7H,14H2. The molecule has 78 valence electrons. The van der Waals surface area contributed by atoms with Crippen molar-refractivity contribution in [3.8, 4) is 0 Å². The largest absolute Gasteiger partial charge is 0.454 e. The highest BCUT2D eigenvalue weighted by Crippen LogP contribution is 2.22. The van der Waals surface area contributed by atoms with E-state index in [1.54, 1.807) is 30.3 Å². The van der Waals surface area contributed by atoms with Gasteiger partial charge in [0, 0.05) is 0 Å². The van der Waals surface area contributed by atoms with Crippen LogP contribution in [0.1, 0.15) is 0 Å². The molecular weight excluding hydrogens is 202 g/mol. The van der Waals surface area contributed by atoms with Crippen molar-refractivity contribution < 1.29 is 4.42 Å². The summed E-state index contributed by atoms with van der Waals surface area (Å²) < 4.78 is 5.63. The van der Waals surface area contributed by atoms with Gasteiger partial charge in [-0.25, -0.2) is 0 Å². The molecule has 0 bridgehead atoms. The van der Waals surface area contributed by atoms with Gasteiger partial charge < -0.3 is 10.2 Å². The van der Waals surface area contributed by atoms with E-state index in [0.717, 1.165) is 0 Å². The van der Waals surface area contributed by atoms with Gasteiger partial charge in [0.2, 0.25) is 5.43 Å². The minimum absolute atomic E-state index is 0.0378. The van der Waals surface area contributed by atoms with Crippen molar-refractivity contribution in [2.45, 2.75) is 0 Å². The smallest absolute Gasteiger partial charge is 0.200 e. The lowest BCUT2D eigenvalue weighted by molar-refractivity contribution is 0.661. The molecule has 1 aromatic heterocycles. The third-order valence-corrected chi connectivity index (χ3v) is 2.63. The fourth-order valence-corrected chi connectivity index (χ4v) is 1.85. The molecule has 3 rings (SSSR count). The first kappa shape index (κ1) is 8.97. The Morgan fingerprint density at radius 1 is 0.938 bits per heavy atom. The minimum Gasteiger partial charge on any atom is -0.454 e. The van der Waals surface area contributed by atoms with Crippen LogP contribution >= 0.6 is 0 Å². The van der Waals surface area contributed by atoms with Crippen LogP contribution in [0.5, 0.6) is 0 Å². The third-order valence-electron chi connectivity index (χ3n) is 2.63. The van der Waals surface area contributed by atoms with Crippen LogP contribution in [0.2, 0.25) is 0 Å². The van der Waals surface area contributed by atoms with Gasteiger partial charge in [-0.1, -0.05) is 18.2 Å². The Morgan fingerprint density at radius 2 is 1.69 bits per heavy atom. The molecule has 0 saturated heterocycles. The Balaban J connectivity index is 2.67. The van der Waals surface area contributed by atoms with Gasteiger partial charge in [-0.05, 0) is 24.3 Å². The zero-order valence-corrected chi connectivity index (χ0v) is 8.44. The van der Waals surface area contributed by atoms with Crippen LogP contribution in [0.3, 0.4) is 0 Å². The molecular formula is C13H9NO2. The van der Waals surface area contributed by atoms with E-state index in [1.165, 1.54) is 0 Å². The van der Waals surface area contributed by atoms with E-state index >= 15 is 0 Å². The molecule has 1 heterocycles. The van der Waals surface area contributed by atoms with E-state index < -0.39 is 0 Å². The molecule has 2 N–H and O–H groups in total. The average molecular weight is 211 g/mol. The van der Waals surface area contributed by atoms with Gasteiger partial charge in [-0.3, -0.25) is 4.79 Å². The van der Waals surface area contributed by atoms with Crippen molar-refractivity contribution in [2.24, 2.45) is 0 Å². The zero-order chi connectivity index (χ0) is 11.1. The number of anilines is 1. The van der Waals surface area contributed by atoms with Crippen LogP contribution < -0.4 is 11.2 Å². The molecule has 0 aliphatic heterocycles. The molecule has 3 aromatic rings. The lowest BCUT2D eigenvalue weighted by Crippen LogP contribution is -2.02. The number of para-hydroxylation sites is 2. The van der Waals surface area contributed by atoms with Crippen molar-refractivity contribution in [1.82, 2.24) is 0 Å². The van der Waals surface area contributed by atoms with Crippen molar-refractivity contribution in [3.63, 3.8) is 0 Å². The molecule has 3 nitrogen and oxygen atoms in total. The van der Waals surface area contributed by atoms with E-state index in [1.807, 2.05) is 12.1 Å². The summed E-state index contributed by atoms with van der Waals surface area (Å²) in [6.07, 6.45) is 0. The molecule has 0 fully saturated rings. The van der Waals surface area contributed by atoms with Gasteiger partial charge in [0.1, 0.15) is 5.58 Å². The maximum absolute atomic E-state index is 12.1. The second-order valence-corrected chi connectivity index (χ2v) is 3.65. The third kappa shape index (κ3) is 1.11. The Kier molecular flexibility index (Phi) is 1.74. The van der Waals surface area contributed by atoms with Gasteiger partial charge in [-0.15, -0.1) is 0 Å². The van der Waals surface area contributed by atoms with Crippen LogP contribution in [0.15, 0.2) is 51.7 Å². The average Bonchev–Trinajstić information content (AvgIpc) is 2.31. The Hall–Kier alpha value is -2.29. The maximum Gasteiger partial charge on any atom is 0.200 e. The van der Waals surface area contributed by atoms with Crippen molar-refractivity contribution in [3.05, 3.63) is 52.7 Å². The molecule has 0 saturated carbocycles. The molecule has 0 aliphatic carbocycles. The molecule has 16 heavy (non-hydrogen) atoms. The van der Waals surface area contributed by atoms with Crippen LogP contribution in [0.4, 0.5) is 5.69 Å². The van der Waals surface area contributed by atoms with Gasteiger partial charge in [0.15, 0.2) is 5.58 Å². The first-order chi connectivity index (χ1) is 7.77. The van der Waals surface area contributed by atoms with Crippen LogP contribution in [-0.4, -0.2) is 0 Å². The molecule has 0 radical (unpaired) electrons. The summed E-state index contributed by atoms with van der Waals surface area (Å²) in [6, 6.07) is 12.4. The molecule has 0 atom stereocenters. The maximum atomic E-state index is 12.1. The fourth-order valence-electron chi connectivity index (χ4n) is 1.85. The quantitative estimate of drug-likeness (QED) is 0.459.